The molecule has 0 fully saturated rings. The van der Waals surface area contributed by atoms with Crippen molar-refractivity contribution in [1.82, 2.24) is 4.98 Å². The SMILES string of the molecule is O=C(Nc1nc(C(F)(F)F)c(I)s1)c1cccs1. The molecule has 0 aliphatic heterocycles. The van der Waals surface area contributed by atoms with E-state index in [2.05, 4.69) is 10.3 Å². The van der Waals surface area contributed by atoms with Crippen LogP contribution in [0.5, 0.6) is 0 Å². The van der Waals surface area contributed by atoms with Gasteiger partial charge in [0, 0.05) is 0 Å². The van der Waals surface area contributed by atoms with E-state index in [9.17, 15) is 18.0 Å². The molecule has 0 radical (unpaired) electrons. The lowest BCUT2D eigenvalue weighted by Gasteiger charge is -2.01. The molecule has 0 unspecified atom stereocenters. The van der Waals surface area contributed by atoms with E-state index in [-0.39, 0.29) is 8.02 Å². The van der Waals surface area contributed by atoms with E-state index in [1.807, 2.05) is 0 Å². The van der Waals surface area contributed by atoms with Gasteiger partial charge in [0.2, 0.25) is 0 Å². The lowest BCUT2D eigenvalue weighted by atomic mass is 10.4. The average Bonchev–Trinajstić information content (AvgIpc) is 2.85. The van der Waals surface area contributed by atoms with Gasteiger partial charge < -0.3 is 0 Å². The Hall–Kier alpha value is -0.680. The molecule has 2 aromatic rings. The molecule has 0 saturated heterocycles. The molecule has 2 aromatic heterocycles. The normalized spacial score (nSPS) is 11.6. The van der Waals surface area contributed by atoms with Gasteiger partial charge in [0.15, 0.2) is 10.8 Å². The van der Waals surface area contributed by atoms with Crippen molar-refractivity contribution in [2.75, 3.05) is 5.32 Å². The summed E-state index contributed by atoms with van der Waals surface area (Å²) in [5, 5.41) is 4.01. The second kappa shape index (κ2) is 5.13. The van der Waals surface area contributed by atoms with Gasteiger partial charge in [-0.05, 0) is 34.0 Å². The number of anilines is 1. The van der Waals surface area contributed by atoms with E-state index < -0.39 is 17.8 Å². The highest BCUT2D eigenvalue weighted by Gasteiger charge is 2.37. The number of amides is 1. The van der Waals surface area contributed by atoms with E-state index in [1.165, 1.54) is 11.3 Å². The Kier molecular flexibility index (Phi) is 3.92. The second-order valence-corrected chi connectivity index (χ2v) is 6.83. The van der Waals surface area contributed by atoms with E-state index in [1.54, 1.807) is 40.1 Å². The number of nitrogens with one attached hydrogen (secondary N) is 1. The van der Waals surface area contributed by atoms with Crippen molar-refractivity contribution < 1.29 is 18.0 Å². The number of halogens is 4. The minimum Gasteiger partial charge on any atom is -0.297 e. The van der Waals surface area contributed by atoms with Crippen molar-refractivity contribution in [3.8, 4) is 0 Å². The van der Waals surface area contributed by atoms with Gasteiger partial charge in [0.05, 0.1) is 7.76 Å². The lowest BCUT2D eigenvalue weighted by Crippen LogP contribution is -2.11. The summed E-state index contributed by atoms with van der Waals surface area (Å²) in [4.78, 5) is 15.4. The average molecular weight is 404 g/mol. The molecule has 1 amide bonds. The van der Waals surface area contributed by atoms with Gasteiger partial charge in [-0.25, -0.2) is 4.98 Å². The van der Waals surface area contributed by atoms with Crippen molar-refractivity contribution in [3.05, 3.63) is 31.0 Å². The Morgan fingerprint density at radius 3 is 2.67 bits per heavy atom. The minimum atomic E-state index is -4.50. The zero-order valence-corrected chi connectivity index (χ0v) is 12.2. The Balaban J connectivity index is 2.19. The number of thiophene rings is 1. The number of alkyl halides is 3. The third kappa shape index (κ3) is 3.01. The van der Waals surface area contributed by atoms with Crippen molar-refractivity contribution in [2.24, 2.45) is 0 Å². The van der Waals surface area contributed by atoms with Crippen LogP contribution in [-0.2, 0) is 6.18 Å². The maximum atomic E-state index is 12.5. The van der Waals surface area contributed by atoms with Gasteiger partial charge >= 0.3 is 6.18 Å². The predicted molar refractivity (Wildman–Crippen MR) is 72.1 cm³/mol. The molecule has 3 nitrogen and oxygen atoms in total. The number of hydrogen-bond acceptors (Lipinski definition) is 4. The van der Waals surface area contributed by atoms with Gasteiger partial charge in [-0.1, -0.05) is 17.4 Å². The molecule has 18 heavy (non-hydrogen) atoms. The van der Waals surface area contributed by atoms with Crippen LogP contribution < -0.4 is 5.32 Å². The zero-order chi connectivity index (χ0) is 13.3. The van der Waals surface area contributed by atoms with Crippen LogP contribution in [-0.4, -0.2) is 10.9 Å². The molecule has 96 valence electrons. The fraction of sp³-hybridized carbons (Fsp3) is 0.111. The molecule has 0 aliphatic carbocycles. The van der Waals surface area contributed by atoms with E-state index in [0.29, 0.717) is 4.88 Å². The summed E-state index contributed by atoms with van der Waals surface area (Å²) in [6, 6.07) is 3.27. The maximum absolute atomic E-state index is 12.5. The standard InChI is InChI=1S/C9H4F3IN2OS2/c10-9(11,12)5-6(13)18-8(14-5)15-7(16)4-2-1-3-17-4/h1-3H,(H,14,15,16). The Morgan fingerprint density at radius 1 is 1.44 bits per heavy atom. The highest BCUT2D eigenvalue weighted by atomic mass is 127. The fourth-order valence-corrected chi connectivity index (χ4v) is 3.48. The van der Waals surface area contributed by atoms with Crippen LogP contribution in [0.4, 0.5) is 18.3 Å². The predicted octanol–water partition coefficient (Wildman–Crippen LogP) is 4.08. The fourth-order valence-electron chi connectivity index (χ4n) is 1.10. The van der Waals surface area contributed by atoms with Crippen LogP contribution in [0.2, 0.25) is 0 Å². The van der Waals surface area contributed by atoms with Gasteiger partial charge in [-0.2, -0.15) is 13.2 Å². The lowest BCUT2D eigenvalue weighted by molar-refractivity contribution is -0.141. The number of rotatable bonds is 2. The first-order chi connectivity index (χ1) is 8.38. The van der Waals surface area contributed by atoms with Crippen molar-refractivity contribution in [2.45, 2.75) is 6.18 Å². The summed E-state index contributed by atoms with van der Waals surface area (Å²) >= 11 is 3.56. The Morgan fingerprint density at radius 2 is 2.17 bits per heavy atom. The van der Waals surface area contributed by atoms with E-state index in [0.717, 1.165) is 11.3 Å². The van der Waals surface area contributed by atoms with Crippen LogP contribution in [0, 0.1) is 2.88 Å². The van der Waals surface area contributed by atoms with Gasteiger partial charge in [0.1, 0.15) is 0 Å². The number of hydrogen-bond donors (Lipinski definition) is 1. The topological polar surface area (TPSA) is 42.0 Å². The first kappa shape index (κ1) is 13.7. The quantitative estimate of drug-likeness (QED) is 0.767. The van der Waals surface area contributed by atoms with Crippen LogP contribution in [0.25, 0.3) is 0 Å². The van der Waals surface area contributed by atoms with Crippen LogP contribution >= 0.6 is 45.3 Å². The smallest absolute Gasteiger partial charge is 0.297 e. The molecule has 0 atom stereocenters. The monoisotopic (exact) mass is 404 g/mol. The number of thiazole rings is 1. The number of aromatic nitrogens is 1. The summed E-state index contributed by atoms with van der Waals surface area (Å²) < 4.78 is 37.5. The number of nitrogens with zero attached hydrogens (tertiary/aromatic N) is 1. The second-order valence-electron chi connectivity index (χ2n) is 3.07. The summed E-state index contributed by atoms with van der Waals surface area (Å²) in [5.41, 5.74) is -0.963. The summed E-state index contributed by atoms with van der Waals surface area (Å²) in [5.74, 6) is -0.455. The summed E-state index contributed by atoms with van der Waals surface area (Å²) in [6.07, 6.45) is -4.50. The molecule has 0 aliphatic rings. The molecule has 2 rings (SSSR count). The molecule has 0 spiro atoms. The number of carbonyl (C=O) groups excluding carboxylic acids is 1. The first-order valence-corrected chi connectivity index (χ1v) is 7.24. The van der Waals surface area contributed by atoms with Crippen LogP contribution in [0.3, 0.4) is 0 Å². The van der Waals surface area contributed by atoms with E-state index in [4.69, 9.17) is 0 Å². The molecule has 0 saturated carbocycles. The molecular weight excluding hydrogens is 400 g/mol. The van der Waals surface area contributed by atoms with Gasteiger partial charge in [-0.3, -0.25) is 10.1 Å². The third-order valence-electron chi connectivity index (χ3n) is 1.82. The minimum absolute atomic E-state index is 0.00146. The van der Waals surface area contributed by atoms with Gasteiger partial charge in [-0.15, -0.1) is 11.3 Å². The highest BCUT2D eigenvalue weighted by Crippen LogP contribution is 2.36. The van der Waals surface area contributed by atoms with E-state index >= 15 is 0 Å². The molecule has 9 heteroatoms. The maximum Gasteiger partial charge on any atom is 0.435 e. The molecule has 0 bridgehead atoms. The Bertz CT molecular complexity index is 565. The molecule has 1 N–H and O–H groups in total. The summed E-state index contributed by atoms with van der Waals surface area (Å²) in [7, 11) is 0. The Labute approximate surface area is 121 Å². The first-order valence-electron chi connectivity index (χ1n) is 4.46. The van der Waals surface area contributed by atoms with Crippen molar-refractivity contribution >= 4 is 56.3 Å². The highest BCUT2D eigenvalue weighted by molar-refractivity contribution is 14.1. The molecule has 0 aromatic carbocycles. The summed E-state index contributed by atoms with van der Waals surface area (Å²) in [6.45, 7) is 0. The van der Waals surface area contributed by atoms with Crippen LogP contribution in [0.15, 0.2) is 17.5 Å². The molecule has 2 heterocycles. The third-order valence-corrected chi connectivity index (χ3v) is 4.62. The molecular formula is C9H4F3IN2OS2. The number of carbonyl (C=O) groups is 1. The zero-order valence-electron chi connectivity index (χ0n) is 8.42. The van der Waals surface area contributed by atoms with Crippen molar-refractivity contribution in [3.63, 3.8) is 0 Å². The van der Waals surface area contributed by atoms with Crippen LogP contribution in [0.1, 0.15) is 15.4 Å². The largest absolute Gasteiger partial charge is 0.435 e. The van der Waals surface area contributed by atoms with Crippen molar-refractivity contribution in [1.29, 1.82) is 0 Å². The van der Waals surface area contributed by atoms with Gasteiger partial charge in [0.25, 0.3) is 5.91 Å².